The van der Waals surface area contributed by atoms with Crippen molar-refractivity contribution in [3.05, 3.63) is 46.6 Å². The second-order valence-electron chi connectivity index (χ2n) is 9.71. The standard InChI is InChI=1S/C24H30FN3O5S2Si/c1-14(33-36(3,4)5)19-20-17(10-25)18(12-34-24-27-26-13-35-24)21(28(20)22(19)29)23(30)32-11-15-6-8-16(31-2)9-7-15/h6-9,13-14,17,19-20H,10-12H2,1-5H3/t14-,17-,19-,20-/m1/s1. The molecule has 194 valence electrons. The maximum absolute atomic E-state index is 14.5. The first kappa shape index (κ1) is 26.8. The fourth-order valence-electron chi connectivity index (χ4n) is 4.76. The second-order valence-corrected chi connectivity index (χ2v) is 16.2. The van der Waals surface area contributed by atoms with Gasteiger partial charge in [0.25, 0.3) is 0 Å². The molecule has 12 heteroatoms. The zero-order valence-electron chi connectivity index (χ0n) is 20.9. The van der Waals surface area contributed by atoms with Gasteiger partial charge in [0.05, 0.1) is 31.8 Å². The largest absolute Gasteiger partial charge is 0.497 e. The Hall–Kier alpha value is -2.28. The van der Waals surface area contributed by atoms with E-state index in [1.165, 1.54) is 28.0 Å². The highest BCUT2D eigenvalue weighted by atomic mass is 32.2. The van der Waals surface area contributed by atoms with E-state index in [2.05, 4.69) is 29.8 Å². The first-order valence-electron chi connectivity index (χ1n) is 11.6. The third-order valence-corrected chi connectivity index (χ3v) is 9.21. The van der Waals surface area contributed by atoms with Crippen LogP contribution < -0.4 is 4.74 Å². The fraction of sp³-hybridized carbons (Fsp3) is 0.500. The van der Waals surface area contributed by atoms with Crippen molar-refractivity contribution >= 4 is 43.3 Å². The minimum Gasteiger partial charge on any atom is -0.497 e. The number of thioether (sulfide) groups is 1. The topological polar surface area (TPSA) is 90.9 Å². The number of esters is 1. The maximum Gasteiger partial charge on any atom is 0.355 e. The third kappa shape index (κ3) is 5.51. The van der Waals surface area contributed by atoms with E-state index in [0.717, 1.165) is 5.56 Å². The number of halogens is 1. The van der Waals surface area contributed by atoms with E-state index in [0.29, 0.717) is 21.4 Å². The number of ether oxygens (including phenoxy) is 2. The van der Waals surface area contributed by atoms with Gasteiger partial charge in [0, 0.05) is 11.7 Å². The van der Waals surface area contributed by atoms with E-state index in [1.807, 2.05) is 6.92 Å². The van der Waals surface area contributed by atoms with Crippen LogP contribution in [0.5, 0.6) is 5.75 Å². The zero-order chi connectivity index (χ0) is 26.0. The molecular weight excluding hydrogens is 521 g/mol. The molecule has 2 aliphatic rings. The fourth-order valence-corrected chi connectivity index (χ4v) is 7.61. The summed E-state index contributed by atoms with van der Waals surface area (Å²) in [4.78, 5) is 28.1. The lowest BCUT2D eigenvalue weighted by atomic mass is 9.77. The molecule has 8 nitrogen and oxygen atoms in total. The highest BCUT2D eigenvalue weighted by Gasteiger charge is 2.61. The van der Waals surface area contributed by atoms with Crippen LogP contribution in [-0.2, 0) is 25.4 Å². The molecule has 0 spiro atoms. The van der Waals surface area contributed by atoms with Crippen molar-refractivity contribution in [1.29, 1.82) is 0 Å². The summed E-state index contributed by atoms with van der Waals surface area (Å²) < 4.78 is 32.2. The van der Waals surface area contributed by atoms with Crippen LogP contribution in [0.15, 0.2) is 45.4 Å². The van der Waals surface area contributed by atoms with Gasteiger partial charge in [-0.2, -0.15) is 0 Å². The number of benzene rings is 1. The molecule has 1 fully saturated rings. The molecular formula is C24H30FN3O5S2Si. The van der Waals surface area contributed by atoms with Crippen LogP contribution in [-0.4, -0.2) is 67.0 Å². The molecule has 0 saturated carbocycles. The molecule has 1 aromatic carbocycles. The van der Waals surface area contributed by atoms with Crippen molar-refractivity contribution in [1.82, 2.24) is 15.1 Å². The minimum absolute atomic E-state index is 0.0225. The van der Waals surface area contributed by atoms with Crippen molar-refractivity contribution < 1.29 is 27.9 Å². The Bertz CT molecular complexity index is 1120. The smallest absolute Gasteiger partial charge is 0.355 e. The van der Waals surface area contributed by atoms with Gasteiger partial charge in [-0.1, -0.05) is 35.2 Å². The highest BCUT2D eigenvalue weighted by molar-refractivity contribution is 8.01. The lowest BCUT2D eigenvalue weighted by molar-refractivity contribution is -0.164. The van der Waals surface area contributed by atoms with Gasteiger partial charge >= 0.3 is 5.97 Å². The number of carbonyl (C=O) groups is 2. The highest BCUT2D eigenvalue weighted by Crippen LogP contribution is 2.49. The van der Waals surface area contributed by atoms with E-state index in [9.17, 15) is 14.0 Å². The van der Waals surface area contributed by atoms with Crippen LogP contribution in [0, 0.1) is 11.8 Å². The molecule has 2 aromatic rings. The predicted octanol–water partition coefficient (Wildman–Crippen LogP) is 4.30. The average Bonchev–Trinajstić information content (AvgIpc) is 3.44. The van der Waals surface area contributed by atoms with Crippen LogP contribution in [0.25, 0.3) is 0 Å². The molecule has 0 bridgehead atoms. The molecule has 1 amide bonds. The van der Waals surface area contributed by atoms with Gasteiger partial charge in [0.15, 0.2) is 12.7 Å². The van der Waals surface area contributed by atoms with Crippen molar-refractivity contribution in [3.63, 3.8) is 0 Å². The average molecular weight is 552 g/mol. The molecule has 1 aromatic heterocycles. The van der Waals surface area contributed by atoms with E-state index in [4.69, 9.17) is 13.9 Å². The number of amides is 1. The van der Waals surface area contributed by atoms with Gasteiger partial charge < -0.3 is 18.8 Å². The summed E-state index contributed by atoms with van der Waals surface area (Å²) in [5.41, 5.74) is 3.11. The SMILES string of the molecule is COc1ccc(COC(=O)C2=C(CSc3nncs3)[C@@H](CF)[C@@H]3[C@@H]([C@@H](C)O[Si](C)(C)C)C(=O)N23)cc1. The Morgan fingerprint density at radius 3 is 2.58 bits per heavy atom. The molecule has 3 heterocycles. The van der Waals surface area contributed by atoms with Gasteiger partial charge in [-0.15, -0.1) is 10.2 Å². The summed E-state index contributed by atoms with van der Waals surface area (Å²) in [5, 5.41) is 7.87. The van der Waals surface area contributed by atoms with Gasteiger partial charge in [-0.3, -0.25) is 9.18 Å². The number of hydrogen-bond donors (Lipinski definition) is 0. The van der Waals surface area contributed by atoms with Crippen LogP contribution in [0.4, 0.5) is 4.39 Å². The lowest BCUT2D eigenvalue weighted by Gasteiger charge is -2.48. The summed E-state index contributed by atoms with van der Waals surface area (Å²) in [7, 11) is -0.355. The maximum atomic E-state index is 14.5. The quantitative estimate of drug-likeness (QED) is 0.177. The van der Waals surface area contributed by atoms with E-state index >= 15 is 0 Å². The number of alkyl halides is 1. The molecule has 2 aliphatic heterocycles. The number of β-lactam (4-membered cyclic amide) rings is 1. The molecule has 0 N–H and O–H groups in total. The third-order valence-electron chi connectivity index (χ3n) is 6.22. The summed E-state index contributed by atoms with van der Waals surface area (Å²) in [6.07, 6.45) is -0.369. The number of aromatic nitrogens is 2. The minimum atomic E-state index is -1.93. The first-order valence-corrected chi connectivity index (χ1v) is 16.9. The molecule has 4 atom stereocenters. The summed E-state index contributed by atoms with van der Waals surface area (Å²) >= 11 is 2.74. The Morgan fingerprint density at radius 1 is 1.28 bits per heavy atom. The molecule has 36 heavy (non-hydrogen) atoms. The Kier molecular flexibility index (Phi) is 8.17. The van der Waals surface area contributed by atoms with Gasteiger partial charge in [-0.25, -0.2) is 4.79 Å². The van der Waals surface area contributed by atoms with Gasteiger partial charge in [0.2, 0.25) is 5.91 Å². The first-order chi connectivity index (χ1) is 17.1. The molecule has 1 saturated heterocycles. The number of hydrogen-bond acceptors (Lipinski definition) is 9. The van der Waals surface area contributed by atoms with Crippen molar-refractivity contribution in [2.24, 2.45) is 11.8 Å². The number of methoxy groups -OCH3 is 1. The van der Waals surface area contributed by atoms with E-state index in [1.54, 1.807) is 36.9 Å². The summed E-state index contributed by atoms with van der Waals surface area (Å²) in [6, 6.07) is 6.69. The van der Waals surface area contributed by atoms with Crippen LogP contribution in [0.2, 0.25) is 19.6 Å². The van der Waals surface area contributed by atoms with Crippen molar-refractivity contribution in [3.8, 4) is 5.75 Å². The molecule has 0 radical (unpaired) electrons. The van der Waals surface area contributed by atoms with Crippen LogP contribution in [0.1, 0.15) is 12.5 Å². The Morgan fingerprint density at radius 2 is 2.00 bits per heavy atom. The number of nitrogens with zero attached hydrogens (tertiary/aromatic N) is 3. The summed E-state index contributed by atoms with van der Waals surface area (Å²) in [5.74, 6) is -0.968. The van der Waals surface area contributed by atoms with E-state index in [-0.39, 0.29) is 24.3 Å². The van der Waals surface area contributed by atoms with E-state index < -0.39 is 38.8 Å². The van der Waals surface area contributed by atoms with Crippen molar-refractivity contribution in [2.75, 3.05) is 19.5 Å². The predicted molar refractivity (Wildman–Crippen MR) is 138 cm³/mol. The number of carbonyl (C=O) groups excluding carboxylic acids is 2. The lowest BCUT2D eigenvalue weighted by Crippen LogP contribution is -2.65. The molecule has 4 rings (SSSR count). The molecule has 0 aliphatic carbocycles. The number of rotatable bonds is 11. The van der Waals surface area contributed by atoms with Gasteiger partial charge in [0.1, 0.15) is 23.6 Å². The summed E-state index contributed by atoms with van der Waals surface area (Å²) in [6.45, 7) is 7.35. The van der Waals surface area contributed by atoms with Crippen molar-refractivity contribution in [2.45, 2.75) is 49.7 Å². The number of fused-ring (bicyclic) bond motifs is 1. The Labute approximate surface area is 219 Å². The van der Waals surface area contributed by atoms with Gasteiger partial charge in [-0.05, 0) is 49.8 Å². The van der Waals surface area contributed by atoms with Crippen LogP contribution >= 0.6 is 23.1 Å². The zero-order valence-corrected chi connectivity index (χ0v) is 23.5. The van der Waals surface area contributed by atoms with Crippen LogP contribution in [0.3, 0.4) is 0 Å². The molecule has 0 unspecified atom stereocenters. The Balaban J connectivity index is 1.58. The normalized spacial score (nSPS) is 22.3. The second kappa shape index (κ2) is 11.0. The monoisotopic (exact) mass is 551 g/mol.